The molecule has 3 aromatic heterocycles. The van der Waals surface area contributed by atoms with E-state index in [1.807, 2.05) is 6.92 Å². The Hall–Kier alpha value is -3.50. The Kier molecular flexibility index (Phi) is 4.05. The summed E-state index contributed by atoms with van der Waals surface area (Å²) in [6, 6.07) is 3.53. The first kappa shape index (κ1) is 15.4. The van der Waals surface area contributed by atoms with E-state index >= 15 is 0 Å². The Bertz CT molecular complexity index is 878. The highest BCUT2D eigenvalue weighted by molar-refractivity contribution is 5.88. The van der Waals surface area contributed by atoms with Gasteiger partial charge in [-0.05, 0) is 19.1 Å². The van der Waals surface area contributed by atoms with Gasteiger partial charge in [-0.3, -0.25) is 30.0 Å². The van der Waals surface area contributed by atoms with Crippen molar-refractivity contribution >= 4 is 17.5 Å². The maximum absolute atomic E-state index is 11.9. The summed E-state index contributed by atoms with van der Waals surface area (Å²) < 4.78 is 6.73. The van der Waals surface area contributed by atoms with Gasteiger partial charge in [-0.25, -0.2) is 0 Å². The van der Waals surface area contributed by atoms with Crippen LogP contribution >= 0.6 is 0 Å². The van der Waals surface area contributed by atoms with Crippen LogP contribution in [0.3, 0.4) is 0 Å². The van der Waals surface area contributed by atoms with Crippen LogP contribution in [0, 0.1) is 17.0 Å². The van der Waals surface area contributed by atoms with Gasteiger partial charge < -0.3 is 4.42 Å². The van der Waals surface area contributed by atoms with Gasteiger partial charge in [0.05, 0.1) is 4.92 Å². The number of hydrogen-bond acceptors (Lipinski definition) is 7. The summed E-state index contributed by atoms with van der Waals surface area (Å²) in [5.41, 5.74) is -0.122. The van der Waals surface area contributed by atoms with Crippen LogP contribution in [0.4, 0.5) is 11.6 Å². The molecule has 0 aliphatic heterocycles. The monoisotopic (exact) mass is 331 g/mol. The third-order valence-electron chi connectivity index (χ3n) is 3.11. The Morgan fingerprint density at radius 1 is 1.50 bits per heavy atom. The number of aryl methyl sites for hydroxylation is 2. The molecule has 1 amide bonds. The summed E-state index contributed by atoms with van der Waals surface area (Å²) in [6.07, 6.45) is 2.46. The van der Waals surface area contributed by atoms with Crippen molar-refractivity contribution in [3.8, 4) is 11.6 Å². The smallest absolute Gasteiger partial charge is 0.306 e. The molecule has 0 saturated carbocycles. The van der Waals surface area contributed by atoms with Gasteiger partial charge >= 0.3 is 5.69 Å². The van der Waals surface area contributed by atoms with Gasteiger partial charge in [-0.2, -0.15) is 10.1 Å². The molecule has 0 aliphatic rings. The largest absolute Gasteiger partial charge is 0.458 e. The summed E-state index contributed by atoms with van der Waals surface area (Å²) in [5.74, 6) is 1.44. The number of rotatable bonds is 6. The van der Waals surface area contributed by atoms with Crippen LogP contribution in [-0.4, -0.2) is 35.8 Å². The molecule has 24 heavy (non-hydrogen) atoms. The quantitative estimate of drug-likeness (QED) is 0.514. The molecule has 0 atom stereocenters. The number of nitrogens with one attached hydrogen (secondary N) is 2. The van der Waals surface area contributed by atoms with Gasteiger partial charge in [0.15, 0.2) is 11.6 Å². The second-order valence-corrected chi connectivity index (χ2v) is 4.93. The average Bonchev–Trinajstić information content (AvgIpc) is 3.25. The number of furan rings is 1. The Balaban J connectivity index is 1.55. The maximum atomic E-state index is 11.9. The van der Waals surface area contributed by atoms with Crippen molar-refractivity contribution < 1.29 is 14.1 Å². The topological polar surface area (TPSA) is 145 Å². The van der Waals surface area contributed by atoms with E-state index in [0.29, 0.717) is 11.6 Å². The van der Waals surface area contributed by atoms with Crippen molar-refractivity contribution in [1.82, 2.24) is 25.0 Å². The third kappa shape index (κ3) is 3.45. The number of amides is 1. The Morgan fingerprint density at radius 2 is 2.33 bits per heavy atom. The molecule has 0 unspecified atom stereocenters. The van der Waals surface area contributed by atoms with E-state index in [4.69, 9.17) is 4.42 Å². The summed E-state index contributed by atoms with van der Waals surface area (Å²) in [4.78, 5) is 26.0. The van der Waals surface area contributed by atoms with Crippen LogP contribution in [0.15, 0.2) is 28.9 Å². The zero-order valence-electron chi connectivity index (χ0n) is 12.6. The van der Waals surface area contributed by atoms with E-state index < -0.39 is 4.92 Å². The number of nitrogens with zero attached hydrogens (tertiary/aromatic N) is 5. The molecule has 11 nitrogen and oxygen atoms in total. The number of hydrogen-bond donors (Lipinski definition) is 2. The molecule has 0 bridgehead atoms. The van der Waals surface area contributed by atoms with E-state index in [-0.39, 0.29) is 30.5 Å². The van der Waals surface area contributed by atoms with Crippen LogP contribution in [0.5, 0.6) is 0 Å². The van der Waals surface area contributed by atoms with Crippen LogP contribution in [0.25, 0.3) is 11.6 Å². The predicted molar refractivity (Wildman–Crippen MR) is 80.9 cm³/mol. The van der Waals surface area contributed by atoms with Crippen molar-refractivity contribution in [3.05, 3.63) is 40.4 Å². The minimum absolute atomic E-state index is 0.0720. The molecule has 0 aromatic carbocycles. The van der Waals surface area contributed by atoms with Gasteiger partial charge in [0, 0.05) is 13.0 Å². The number of H-pyrrole nitrogens is 1. The van der Waals surface area contributed by atoms with E-state index in [1.165, 1.54) is 10.9 Å². The minimum atomic E-state index is -0.547. The standard InChI is InChI=1S/C13H13N7O4/c1-8-2-3-10(24-8)12-16-13(18-17-12)15-11(21)4-5-19-7-9(6-14-19)20(22)23/h2-3,6-7H,4-5H2,1H3,(H2,15,16,17,18,21). The van der Waals surface area contributed by atoms with Crippen molar-refractivity contribution in [3.63, 3.8) is 0 Å². The molecule has 124 valence electrons. The lowest BCUT2D eigenvalue weighted by Gasteiger charge is -2.00. The maximum Gasteiger partial charge on any atom is 0.306 e. The zero-order valence-corrected chi connectivity index (χ0v) is 12.6. The lowest BCUT2D eigenvalue weighted by Crippen LogP contribution is -2.15. The van der Waals surface area contributed by atoms with E-state index in [1.54, 1.807) is 12.1 Å². The van der Waals surface area contributed by atoms with Crippen molar-refractivity contribution in [2.24, 2.45) is 0 Å². The number of aromatic nitrogens is 5. The highest BCUT2D eigenvalue weighted by Gasteiger charge is 2.13. The van der Waals surface area contributed by atoms with Crippen LogP contribution in [-0.2, 0) is 11.3 Å². The lowest BCUT2D eigenvalue weighted by atomic mass is 10.4. The summed E-state index contributed by atoms with van der Waals surface area (Å²) >= 11 is 0. The molecular weight excluding hydrogens is 318 g/mol. The molecule has 3 aromatic rings. The molecule has 0 spiro atoms. The molecule has 11 heteroatoms. The highest BCUT2D eigenvalue weighted by atomic mass is 16.6. The fraction of sp³-hybridized carbons (Fsp3) is 0.231. The Morgan fingerprint density at radius 3 is 3.00 bits per heavy atom. The van der Waals surface area contributed by atoms with Crippen molar-refractivity contribution in [1.29, 1.82) is 0 Å². The minimum Gasteiger partial charge on any atom is -0.458 e. The molecular formula is C13H13N7O4. The molecule has 0 aliphatic carbocycles. The normalized spacial score (nSPS) is 10.7. The molecule has 0 radical (unpaired) electrons. The fourth-order valence-corrected chi connectivity index (χ4v) is 1.96. The highest BCUT2D eigenvalue weighted by Crippen LogP contribution is 2.18. The van der Waals surface area contributed by atoms with Crippen LogP contribution in [0.2, 0.25) is 0 Å². The molecule has 3 rings (SSSR count). The van der Waals surface area contributed by atoms with Gasteiger partial charge in [0.25, 0.3) is 0 Å². The first-order chi connectivity index (χ1) is 11.5. The van der Waals surface area contributed by atoms with Crippen LogP contribution < -0.4 is 5.32 Å². The number of carbonyl (C=O) groups excluding carboxylic acids is 1. The zero-order chi connectivity index (χ0) is 17.1. The van der Waals surface area contributed by atoms with Gasteiger partial charge in [0.2, 0.25) is 11.9 Å². The second-order valence-electron chi connectivity index (χ2n) is 4.93. The first-order valence-electron chi connectivity index (χ1n) is 6.97. The number of carbonyl (C=O) groups is 1. The third-order valence-corrected chi connectivity index (χ3v) is 3.11. The number of nitro groups is 1. The van der Waals surface area contributed by atoms with Crippen molar-refractivity contribution in [2.75, 3.05) is 5.32 Å². The fourth-order valence-electron chi connectivity index (χ4n) is 1.96. The molecule has 0 saturated heterocycles. The molecule has 0 fully saturated rings. The average molecular weight is 331 g/mol. The first-order valence-corrected chi connectivity index (χ1v) is 6.97. The molecule has 3 heterocycles. The SMILES string of the molecule is Cc1ccc(-c2nc(NC(=O)CCn3cc([N+](=O)[O-])cn3)n[nH]2)o1. The van der Waals surface area contributed by atoms with Crippen molar-refractivity contribution in [2.45, 2.75) is 19.9 Å². The van der Waals surface area contributed by atoms with E-state index in [9.17, 15) is 14.9 Å². The van der Waals surface area contributed by atoms with Gasteiger partial charge in [-0.1, -0.05) is 0 Å². The van der Waals surface area contributed by atoms with Gasteiger partial charge in [0.1, 0.15) is 18.2 Å². The van der Waals surface area contributed by atoms with Gasteiger partial charge in [-0.15, -0.1) is 5.10 Å². The summed E-state index contributed by atoms with van der Waals surface area (Å²) in [5, 5.41) is 23.4. The van der Waals surface area contributed by atoms with E-state index in [2.05, 4.69) is 25.6 Å². The summed E-state index contributed by atoms with van der Waals surface area (Å²) in [6.45, 7) is 2.01. The number of aromatic amines is 1. The lowest BCUT2D eigenvalue weighted by molar-refractivity contribution is -0.385. The second kappa shape index (κ2) is 6.32. The van der Waals surface area contributed by atoms with E-state index in [0.717, 1.165) is 12.0 Å². The predicted octanol–water partition coefficient (Wildman–Crippen LogP) is 1.51. The molecule has 2 N–H and O–H groups in total. The van der Waals surface area contributed by atoms with Crippen LogP contribution in [0.1, 0.15) is 12.2 Å². The number of anilines is 1. The Labute approximate surface area is 134 Å². The summed E-state index contributed by atoms with van der Waals surface area (Å²) in [7, 11) is 0.